The number of carbonyl (C=O) groups excluding carboxylic acids is 3. The molecular formula is C33H26FIN2O6. The topological polar surface area (TPSA) is 94.2 Å². The van der Waals surface area contributed by atoms with E-state index in [1.807, 2.05) is 37.3 Å². The molecule has 4 aromatic rings. The predicted molar refractivity (Wildman–Crippen MR) is 167 cm³/mol. The average Bonchev–Trinajstić information content (AvgIpc) is 3.00. The van der Waals surface area contributed by atoms with Crippen LogP contribution >= 0.6 is 22.6 Å². The summed E-state index contributed by atoms with van der Waals surface area (Å²) in [7, 11) is 0. The van der Waals surface area contributed by atoms with Crippen molar-refractivity contribution in [3.05, 3.63) is 123 Å². The molecule has 0 aliphatic carbocycles. The Morgan fingerprint density at radius 2 is 1.51 bits per heavy atom. The fourth-order valence-electron chi connectivity index (χ4n) is 4.30. The quantitative estimate of drug-likeness (QED) is 0.114. The van der Waals surface area contributed by atoms with Gasteiger partial charge in [0.1, 0.15) is 30.4 Å². The maximum atomic E-state index is 13.5. The van der Waals surface area contributed by atoms with Gasteiger partial charge in [0, 0.05) is 0 Å². The number of halogens is 2. The third kappa shape index (κ3) is 7.20. The number of benzene rings is 4. The predicted octanol–water partition coefficient (Wildman–Crippen LogP) is 6.65. The molecule has 4 amide bonds. The molecule has 5 rings (SSSR count). The molecule has 1 aliphatic rings. The summed E-state index contributed by atoms with van der Waals surface area (Å²) in [5.41, 5.74) is 2.33. The van der Waals surface area contributed by atoms with Gasteiger partial charge in [-0.1, -0.05) is 42.5 Å². The summed E-state index contributed by atoms with van der Waals surface area (Å²) in [6, 6.07) is 24.6. The van der Waals surface area contributed by atoms with Gasteiger partial charge in [-0.25, -0.2) is 14.1 Å². The van der Waals surface area contributed by atoms with Gasteiger partial charge < -0.3 is 14.2 Å². The van der Waals surface area contributed by atoms with Gasteiger partial charge in [0.15, 0.2) is 11.5 Å². The van der Waals surface area contributed by atoms with Crippen molar-refractivity contribution in [1.29, 1.82) is 0 Å². The second-order valence-corrected chi connectivity index (χ2v) is 10.6. The molecular weight excluding hydrogens is 666 g/mol. The number of ether oxygens (including phenoxy) is 3. The van der Waals surface area contributed by atoms with Gasteiger partial charge in [0.2, 0.25) is 0 Å². The van der Waals surface area contributed by atoms with Crippen LogP contribution in [0, 0.1) is 9.39 Å². The van der Waals surface area contributed by atoms with E-state index in [0.717, 1.165) is 16.0 Å². The van der Waals surface area contributed by atoms with E-state index in [-0.39, 0.29) is 23.7 Å². The van der Waals surface area contributed by atoms with E-state index in [9.17, 15) is 18.8 Å². The summed E-state index contributed by atoms with van der Waals surface area (Å²) < 4.78 is 31.5. The first kappa shape index (κ1) is 29.8. The van der Waals surface area contributed by atoms with Crippen LogP contribution in [-0.2, 0) is 22.8 Å². The molecule has 0 bridgehead atoms. The first-order valence-corrected chi connectivity index (χ1v) is 14.4. The van der Waals surface area contributed by atoms with E-state index in [0.29, 0.717) is 39.6 Å². The lowest BCUT2D eigenvalue weighted by Crippen LogP contribution is -2.54. The SMILES string of the molecule is CCOc1cc(/C=C2\C(=O)NC(=O)N(c3ccc(OCc4ccccc4)cc3)C2=O)cc(I)c1OCc1ccc(F)cc1. The Hall–Kier alpha value is -4.71. The normalized spacial score (nSPS) is 14.1. The van der Waals surface area contributed by atoms with Gasteiger partial charge in [-0.05, 0) is 101 Å². The Kier molecular flexibility index (Phi) is 9.35. The van der Waals surface area contributed by atoms with Crippen molar-refractivity contribution in [3.63, 3.8) is 0 Å². The van der Waals surface area contributed by atoms with Crippen molar-refractivity contribution < 1.29 is 33.0 Å². The molecule has 1 heterocycles. The Morgan fingerprint density at radius 3 is 2.21 bits per heavy atom. The number of nitrogens with one attached hydrogen (secondary N) is 1. The van der Waals surface area contributed by atoms with Gasteiger partial charge in [-0.15, -0.1) is 0 Å². The highest BCUT2D eigenvalue weighted by molar-refractivity contribution is 14.1. The monoisotopic (exact) mass is 692 g/mol. The molecule has 10 heteroatoms. The molecule has 8 nitrogen and oxygen atoms in total. The summed E-state index contributed by atoms with van der Waals surface area (Å²) in [6.45, 7) is 2.71. The summed E-state index contributed by atoms with van der Waals surface area (Å²) in [4.78, 5) is 39.8. The van der Waals surface area contributed by atoms with Crippen LogP contribution in [0.3, 0.4) is 0 Å². The largest absolute Gasteiger partial charge is 0.490 e. The van der Waals surface area contributed by atoms with Crippen LogP contribution in [0.2, 0.25) is 0 Å². The van der Waals surface area contributed by atoms with E-state index in [1.165, 1.54) is 18.2 Å². The van der Waals surface area contributed by atoms with Crippen LogP contribution in [0.5, 0.6) is 17.2 Å². The third-order valence-electron chi connectivity index (χ3n) is 6.38. The van der Waals surface area contributed by atoms with Crippen LogP contribution < -0.4 is 24.4 Å². The molecule has 1 N–H and O–H groups in total. The molecule has 1 aliphatic heterocycles. The lowest BCUT2D eigenvalue weighted by atomic mass is 10.1. The molecule has 0 spiro atoms. The number of barbiturate groups is 1. The standard InChI is InChI=1S/C33H26FIN2O6/c1-2-41-29-18-23(17-28(35)30(29)43-20-22-8-10-24(34)11-9-22)16-27-31(38)36-33(40)37(32(27)39)25-12-14-26(15-13-25)42-19-21-6-4-3-5-7-21/h3-18H,2,19-20H2,1H3,(H,36,38,40)/b27-16+. The van der Waals surface area contributed by atoms with E-state index in [1.54, 1.807) is 48.5 Å². The van der Waals surface area contributed by atoms with Crippen molar-refractivity contribution in [2.45, 2.75) is 20.1 Å². The number of carbonyl (C=O) groups is 3. The molecule has 1 fully saturated rings. The zero-order valence-corrected chi connectivity index (χ0v) is 25.2. The third-order valence-corrected chi connectivity index (χ3v) is 7.19. The zero-order valence-electron chi connectivity index (χ0n) is 23.0. The van der Waals surface area contributed by atoms with Gasteiger partial charge in [-0.2, -0.15) is 0 Å². The van der Waals surface area contributed by atoms with Crippen molar-refractivity contribution >= 4 is 52.2 Å². The molecule has 0 unspecified atom stereocenters. The molecule has 0 radical (unpaired) electrons. The van der Waals surface area contributed by atoms with Gasteiger partial charge in [-0.3, -0.25) is 14.9 Å². The summed E-state index contributed by atoms with van der Waals surface area (Å²) in [5, 5.41) is 2.24. The summed E-state index contributed by atoms with van der Waals surface area (Å²) in [6.07, 6.45) is 1.41. The Labute approximate surface area is 261 Å². The molecule has 0 aromatic heterocycles. The fourth-order valence-corrected chi connectivity index (χ4v) is 5.08. The number of hydrogen-bond acceptors (Lipinski definition) is 6. The maximum absolute atomic E-state index is 13.5. The van der Waals surface area contributed by atoms with Crippen molar-refractivity contribution in [3.8, 4) is 17.2 Å². The van der Waals surface area contributed by atoms with Crippen molar-refractivity contribution in [2.75, 3.05) is 11.5 Å². The number of anilines is 1. The average molecular weight is 692 g/mol. The Bertz CT molecular complexity index is 1670. The Morgan fingerprint density at radius 1 is 0.837 bits per heavy atom. The summed E-state index contributed by atoms with van der Waals surface area (Å²) in [5.74, 6) is -0.470. The second kappa shape index (κ2) is 13.5. The Balaban J connectivity index is 1.36. The molecule has 4 aromatic carbocycles. The minimum atomic E-state index is -0.848. The van der Waals surface area contributed by atoms with Crippen molar-refractivity contribution in [2.24, 2.45) is 0 Å². The van der Waals surface area contributed by atoms with Crippen LogP contribution in [0.15, 0.2) is 96.6 Å². The van der Waals surface area contributed by atoms with Crippen LogP contribution in [0.4, 0.5) is 14.9 Å². The molecule has 218 valence electrons. The van der Waals surface area contributed by atoms with Crippen LogP contribution in [-0.4, -0.2) is 24.5 Å². The van der Waals surface area contributed by atoms with E-state index >= 15 is 0 Å². The zero-order chi connectivity index (χ0) is 30.3. The molecule has 0 saturated carbocycles. The highest BCUT2D eigenvalue weighted by Gasteiger charge is 2.37. The highest BCUT2D eigenvalue weighted by Crippen LogP contribution is 2.36. The molecule has 43 heavy (non-hydrogen) atoms. The minimum Gasteiger partial charge on any atom is -0.490 e. The fraction of sp³-hybridized carbons (Fsp3) is 0.121. The van der Waals surface area contributed by atoms with Gasteiger partial charge >= 0.3 is 6.03 Å². The lowest BCUT2D eigenvalue weighted by molar-refractivity contribution is -0.122. The number of rotatable bonds is 10. The number of hydrogen-bond donors (Lipinski definition) is 1. The van der Waals surface area contributed by atoms with Crippen molar-refractivity contribution in [1.82, 2.24) is 5.32 Å². The van der Waals surface area contributed by atoms with E-state index in [2.05, 4.69) is 27.9 Å². The number of imide groups is 2. The second-order valence-electron chi connectivity index (χ2n) is 9.40. The molecule has 1 saturated heterocycles. The lowest BCUT2D eigenvalue weighted by Gasteiger charge is -2.26. The molecule has 0 atom stereocenters. The number of urea groups is 1. The van der Waals surface area contributed by atoms with Gasteiger partial charge in [0.25, 0.3) is 11.8 Å². The maximum Gasteiger partial charge on any atom is 0.335 e. The van der Waals surface area contributed by atoms with E-state index < -0.39 is 17.8 Å². The van der Waals surface area contributed by atoms with E-state index in [4.69, 9.17) is 14.2 Å². The van der Waals surface area contributed by atoms with Crippen LogP contribution in [0.1, 0.15) is 23.6 Å². The first-order chi connectivity index (χ1) is 20.8. The number of nitrogens with zero attached hydrogens (tertiary/aromatic N) is 1. The highest BCUT2D eigenvalue weighted by atomic mass is 127. The smallest absolute Gasteiger partial charge is 0.335 e. The van der Waals surface area contributed by atoms with Gasteiger partial charge in [0.05, 0.1) is 15.9 Å². The minimum absolute atomic E-state index is 0.185. The number of amides is 4. The first-order valence-electron chi connectivity index (χ1n) is 13.3. The van der Waals surface area contributed by atoms with Crippen LogP contribution in [0.25, 0.3) is 6.08 Å². The summed E-state index contributed by atoms with van der Waals surface area (Å²) >= 11 is 2.08.